The number of carbonyl (C=O) groups excluding carboxylic acids is 1. The average molecular weight is 339 g/mol. The van der Waals surface area contributed by atoms with E-state index in [0.29, 0.717) is 16.1 Å². The third-order valence-corrected chi connectivity index (χ3v) is 4.48. The Labute approximate surface area is 119 Å². The summed E-state index contributed by atoms with van der Waals surface area (Å²) >= 11 is 4.63. The Hall–Kier alpha value is -1.73. The molecule has 3 rings (SSSR count). The first kappa shape index (κ1) is 12.3. The maximum Gasteiger partial charge on any atom is 0.421 e. The Kier molecular flexibility index (Phi) is 3.08. The molecule has 0 saturated carbocycles. The van der Waals surface area contributed by atoms with Gasteiger partial charge in [0, 0.05) is 10.7 Å². The highest BCUT2D eigenvalue weighted by Gasteiger charge is 2.17. The number of halogens is 1. The van der Waals surface area contributed by atoms with Crippen molar-refractivity contribution in [1.82, 2.24) is 9.55 Å². The molecule has 3 aromatic rings. The van der Waals surface area contributed by atoms with Gasteiger partial charge in [0.2, 0.25) is 0 Å². The van der Waals surface area contributed by atoms with Crippen LogP contribution >= 0.6 is 27.3 Å². The molecule has 0 aliphatic carbocycles. The summed E-state index contributed by atoms with van der Waals surface area (Å²) in [6.07, 6.45) is 1.55. The van der Waals surface area contributed by atoms with Crippen LogP contribution in [0.3, 0.4) is 0 Å². The van der Waals surface area contributed by atoms with E-state index in [9.17, 15) is 9.59 Å². The number of ketones is 1. The lowest BCUT2D eigenvalue weighted by Crippen LogP contribution is -2.20. The molecule has 96 valence electrons. The standard InChI is InChI=1S/C12H7BrN2O3S/c13-7-3-5-19-10(7)8(16)6-15-11-9(18-12(15)17)2-1-4-14-11/h1-5H,6H2. The van der Waals surface area contributed by atoms with Crippen LogP contribution in [-0.4, -0.2) is 15.3 Å². The summed E-state index contributed by atoms with van der Waals surface area (Å²) in [4.78, 5) is 28.5. The lowest BCUT2D eigenvalue weighted by molar-refractivity contribution is 0.0973. The molecule has 0 radical (unpaired) electrons. The second-order valence-corrected chi connectivity index (χ2v) is 5.57. The normalized spacial score (nSPS) is 11.0. The van der Waals surface area contributed by atoms with Gasteiger partial charge in [-0.25, -0.2) is 9.78 Å². The highest BCUT2D eigenvalue weighted by Crippen LogP contribution is 2.23. The van der Waals surface area contributed by atoms with Crippen molar-refractivity contribution in [3.05, 3.63) is 49.7 Å². The number of aromatic nitrogens is 2. The minimum Gasteiger partial charge on any atom is -0.406 e. The number of thiophene rings is 1. The van der Waals surface area contributed by atoms with Crippen LogP contribution in [-0.2, 0) is 6.54 Å². The fourth-order valence-electron chi connectivity index (χ4n) is 1.75. The quantitative estimate of drug-likeness (QED) is 0.688. The molecule has 0 aliphatic heterocycles. The number of pyridine rings is 1. The number of oxazole rings is 1. The van der Waals surface area contributed by atoms with Crippen LogP contribution in [0.5, 0.6) is 0 Å². The van der Waals surface area contributed by atoms with Gasteiger partial charge >= 0.3 is 5.76 Å². The first-order valence-corrected chi connectivity index (χ1v) is 7.04. The van der Waals surface area contributed by atoms with Gasteiger partial charge in [-0.05, 0) is 39.5 Å². The molecule has 3 aromatic heterocycles. The van der Waals surface area contributed by atoms with Gasteiger partial charge in [0.15, 0.2) is 17.0 Å². The maximum absolute atomic E-state index is 12.1. The van der Waals surface area contributed by atoms with Crippen molar-refractivity contribution >= 4 is 44.3 Å². The highest BCUT2D eigenvalue weighted by atomic mass is 79.9. The van der Waals surface area contributed by atoms with Gasteiger partial charge in [-0.2, -0.15) is 0 Å². The number of rotatable bonds is 3. The monoisotopic (exact) mass is 338 g/mol. The van der Waals surface area contributed by atoms with Gasteiger partial charge in [0.25, 0.3) is 0 Å². The molecule has 0 saturated heterocycles. The summed E-state index contributed by atoms with van der Waals surface area (Å²) in [5, 5.41) is 1.81. The predicted molar refractivity (Wildman–Crippen MR) is 74.6 cm³/mol. The Morgan fingerprint density at radius 2 is 2.32 bits per heavy atom. The van der Waals surface area contributed by atoms with Gasteiger partial charge in [-0.1, -0.05) is 0 Å². The van der Waals surface area contributed by atoms with Crippen molar-refractivity contribution in [1.29, 1.82) is 0 Å². The van der Waals surface area contributed by atoms with E-state index >= 15 is 0 Å². The third-order valence-electron chi connectivity index (χ3n) is 2.60. The van der Waals surface area contributed by atoms with Crippen LogP contribution in [0.1, 0.15) is 9.67 Å². The summed E-state index contributed by atoms with van der Waals surface area (Å²) in [6, 6.07) is 5.12. The summed E-state index contributed by atoms with van der Waals surface area (Å²) in [5.41, 5.74) is 0.763. The van der Waals surface area contributed by atoms with E-state index in [4.69, 9.17) is 4.42 Å². The number of fused-ring (bicyclic) bond motifs is 1. The zero-order valence-electron chi connectivity index (χ0n) is 9.50. The lowest BCUT2D eigenvalue weighted by atomic mass is 10.3. The molecule has 5 nitrogen and oxygen atoms in total. The lowest BCUT2D eigenvalue weighted by Gasteiger charge is -1.99. The number of carbonyl (C=O) groups is 1. The molecule has 7 heteroatoms. The molecule has 0 aliphatic rings. The van der Waals surface area contributed by atoms with Gasteiger partial charge in [0.05, 0.1) is 11.4 Å². The Balaban J connectivity index is 2.02. The van der Waals surface area contributed by atoms with Crippen molar-refractivity contribution in [3.8, 4) is 0 Å². The Morgan fingerprint density at radius 1 is 1.47 bits per heavy atom. The average Bonchev–Trinajstić information content (AvgIpc) is 2.94. The maximum atomic E-state index is 12.1. The molecule has 0 atom stereocenters. The van der Waals surface area contributed by atoms with E-state index in [1.54, 1.807) is 24.4 Å². The minimum atomic E-state index is -0.574. The molecule has 0 aromatic carbocycles. The van der Waals surface area contributed by atoms with Crippen LogP contribution in [0.2, 0.25) is 0 Å². The van der Waals surface area contributed by atoms with Crippen molar-refractivity contribution in [2.75, 3.05) is 0 Å². The number of Topliss-reactive ketones (excluding diaryl/α,β-unsaturated/α-hetero) is 1. The van der Waals surface area contributed by atoms with E-state index in [0.717, 1.165) is 4.47 Å². The summed E-state index contributed by atoms with van der Waals surface area (Å²) in [5.74, 6) is -0.730. The van der Waals surface area contributed by atoms with Crippen LogP contribution in [0.15, 0.2) is 43.5 Å². The molecule has 3 heterocycles. The van der Waals surface area contributed by atoms with E-state index in [1.807, 2.05) is 5.38 Å². The second kappa shape index (κ2) is 4.75. The van der Waals surface area contributed by atoms with E-state index in [2.05, 4.69) is 20.9 Å². The number of hydrogen-bond acceptors (Lipinski definition) is 5. The summed E-state index contributed by atoms with van der Waals surface area (Å²) in [6.45, 7) is -0.0814. The first-order valence-electron chi connectivity index (χ1n) is 5.37. The van der Waals surface area contributed by atoms with Crippen molar-refractivity contribution in [3.63, 3.8) is 0 Å². The van der Waals surface area contributed by atoms with E-state index in [1.165, 1.54) is 15.9 Å². The van der Waals surface area contributed by atoms with Crippen LogP contribution in [0.25, 0.3) is 11.2 Å². The summed E-state index contributed by atoms with van der Waals surface area (Å²) in [7, 11) is 0. The van der Waals surface area contributed by atoms with Crippen molar-refractivity contribution < 1.29 is 9.21 Å². The minimum absolute atomic E-state index is 0.0814. The molecule has 19 heavy (non-hydrogen) atoms. The van der Waals surface area contributed by atoms with E-state index in [-0.39, 0.29) is 12.3 Å². The zero-order valence-corrected chi connectivity index (χ0v) is 11.9. The molecule has 0 amide bonds. The van der Waals surface area contributed by atoms with Gasteiger partial charge in [-0.3, -0.25) is 9.36 Å². The van der Waals surface area contributed by atoms with Crippen LogP contribution in [0, 0.1) is 0 Å². The Bertz CT molecular complexity index is 818. The molecule has 0 fully saturated rings. The van der Waals surface area contributed by atoms with Crippen molar-refractivity contribution in [2.45, 2.75) is 6.54 Å². The number of hydrogen-bond donors (Lipinski definition) is 0. The largest absolute Gasteiger partial charge is 0.421 e. The van der Waals surface area contributed by atoms with Crippen LogP contribution < -0.4 is 5.76 Å². The topological polar surface area (TPSA) is 65.1 Å². The third kappa shape index (κ3) is 2.15. The summed E-state index contributed by atoms with van der Waals surface area (Å²) < 4.78 is 7.00. The molecule has 0 unspecified atom stereocenters. The molecule has 0 bridgehead atoms. The van der Waals surface area contributed by atoms with Gasteiger partial charge < -0.3 is 4.42 Å². The molecular weight excluding hydrogens is 332 g/mol. The smallest absolute Gasteiger partial charge is 0.406 e. The van der Waals surface area contributed by atoms with Gasteiger partial charge in [0.1, 0.15) is 0 Å². The highest BCUT2D eigenvalue weighted by molar-refractivity contribution is 9.10. The zero-order chi connectivity index (χ0) is 13.4. The second-order valence-electron chi connectivity index (χ2n) is 3.80. The van der Waals surface area contributed by atoms with Crippen LogP contribution in [0.4, 0.5) is 0 Å². The SMILES string of the molecule is O=C(Cn1c(=O)oc2cccnc21)c1sccc1Br. The fraction of sp³-hybridized carbons (Fsp3) is 0.0833. The fourth-order valence-corrected chi connectivity index (χ4v) is 3.27. The molecular formula is C12H7BrN2O3S. The van der Waals surface area contributed by atoms with Gasteiger partial charge in [-0.15, -0.1) is 11.3 Å². The van der Waals surface area contributed by atoms with E-state index < -0.39 is 5.76 Å². The number of nitrogens with zero attached hydrogens (tertiary/aromatic N) is 2. The van der Waals surface area contributed by atoms with Crippen molar-refractivity contribution in [2.24, 2.45) is 0 Å². The Morgan fingerprint density at radius 3 is 3.05 bits per heavy atom. The predicted octanol–water partition coefficient (Wildman–Crippen LogP) is 2.70. The first-order chi connectivity index (χ1) is 9.16. The molecule has 0 spiro atoms. The molecule has 0 N–H and O–H groups in total.